The fourth-order valence-corrected chi connectivity index (χ4v) is 4.80. The first kappa shape index (κ1) is 12.5. The van der Waals surface area contributed by atoms with E-state index < -0.39 is 0 Å². The molecule has 1 nitrogen and oxygen atoms in total. The van der Waals surface area contributed by atoms with Gasteiger partial charge in [-0.2, -0.15) is 0 Å². The van der Waals surface area contributed by atoms with Gasteiger partial charge in [-0.3, -0.25) is 0 Å². The largest absolute Gasteiger partial charge is 0.388 e. The van der Waals surface area contributed by atoms with Crippen LogP contribution in [0, 0.1) is 11.3 Å². The van der Waals surface area contributed by atoms with Crippen LogP contribution in [-0.4, -0.2) is 5.11 Å². The van der Waals surface area contributed by atoms with E-state index in [4.69, 9.17) is 11.6 Å². The van der Waals surface area contributed by atoms with Crippen LogP contribution in [0.15, 0.2) is 18.2 Å². The van der Waals surface area contributed by atoms with Gasteiger partial charge in [-0.25, -0.2) is 0 Å². The van der Waals surface area contributed by atoms with Crippen molar-refractivity contribution in [3.05, 3.63) is 34.3 Å². The molecule has 0 saturated heterocycles. The molecular formula is C16H21ClO. The summed E-state index contributed by atoms with van der Waals surface area (Å²) in [4.78, 5) is 0. The van der Waals surface area contributed by atoms with Gasteiger partial charge in [-0.05, 0) is 46.9 Å². The van der Waals surface area contributed by atoms with Crippen molar-refractivity contribution in [1.82, 2.24) is 0 Å². The third-order valence-corrected chi connectivity index (χ3v) is 5.55. The Balaban J connectivity index is 2.20. The van der Waals surface area contributed by atoms with Gasteiger partial charge < -0.3 is 5.11 Å². The van der Waals surface area contributed by atoms with E-state index in [2.05, 4.69) is 26.8 Å². The SMILES string of the molecule is CC1(C)CCC[C@@]2(C)c3cc(Cl)ccc3[C@H](O)[C@H]12. The summed E-state index contributed by atoms with van der Waals surface area (Å²) in [5, 5.41) is 11.5. The minimum absolute atomic E-state index is 0.0847. The Bertz CT molecular complexity index is 494. The quantitative estimate of drug-likeness (QED) is 0.733. The normalized spacial score (nSPS) is 37.2. The van der Waals surface area contributed by atoms with E-state index >= 15 is 0 Å². The van der Waals surface area contributed by atoms with Crippen LogP contribution >= 0.6 is 11.6 Å². The predicted octanol–water partition coefficient (Wildman–Crippen LogP) is 4.47. The molecule has 18 heavy (non-hydrogen) atoms. The molecule has 3 atom stereocenters. The molecule has 0 radical (unpaired) electrons. The van der Waals surface area contributed by atoms with Crippen LogP contribution in [0.4, 0.5) is 0 Å². The Morgan fingerprint density at radius 3 is 2.67 bits per heavy atom. The van der Waals surface area contributed by atoms with E-state index in [1.54, 1.807) is 0 Å². The lowest BCUT2D eigenvalue weighted by atomic mass is 9.56. The van der Waals surface area contributed by atoms with Gasteiger partial charge in [0.15, 0.2) is 0 Å². The maximum atomic E-state index is 10.7. The van der Waals surface area contributed by atoms with Crippen LogP contribution in [-0.2, 0) is 5.41 Å². The van der Waals surface area contributed by atoms with Crippen molar-refractivity contribution < 1.29 is 5.11 Å². The smallest absolute Gasteiger partial charge is 0.0834 e. The minimum Gasteiger partial charge on any atom is -0.388 e. The Morgan fingerprint density at radius 2 is 1.94 bits per heavy atom. The van der Waals surface area contributed by atoms with Gasteiger partial charge in [0.05, 0.1) is 6.10 Å². The monoisotopic (exact) mass is 264 g/mol. The summed E-state index contributed by atoms with van der Waals surface area (Å²) in [7, 11) is 0. The van der Waals surface area contributed by atoms with E-state index in [9.17, 15) is 5.11 Å². The number of rotatable bonds is 0. The average Bonchev–Trinajstić information content (AvgIpc) is 2.48. The summed E-state index contributed by atoms with van der Waals surface area (Å²) in [6.07, 6.45) is 3.26. The number of halogens is 1. The fourth-order valence-electron chi connectivity index (χ4n) is 4.62. The Morgan fingerprint density at radius 1 is 1.22 bits per heavy atom. The molecule has 0 heterocycles. The number of aliphatic hydroxyl groups is 1. The number of aliphatic hydroxyl groups excluding tert-OH is 1. The number of hydrogen-bond acceptors (Lipinski definition) is 1. The molecule has 0 unspecified atom stereocenters. The summed E-state index contributed by atoms with van der Waals surface area (Å²) in [5.74, 6) is 0.312. The highest BCUT2D eigenvalue weighted by molar-refractivity contribution is 6.30. The summed E-state index contributed by atoms with van der Waals surface area (Å²) < 4.78 is 0. The van der Waals surface area contributed by atoms with Crippen molar-refractivity contribution in [3.63, 3.8) is 0 Å². The van der Waals surface area contributed by atoms with Crippen molar-refractivity contribution in [2.75, 3.05) is 0 Å². The number of hydrogen-bond donors (Lipinski definition) is 1. The molecule has 3 rings (SSSR count). The molecule has 1 aromatic rings. The zero-order valence-corrected chi connectivity index (χ0v) is 12.1. The Kier molecular flexibility index (Phi) is 2.60. The molecule has 2 heteroatoms. The molecular weight excluding hydrogens is 244 g/mol. The maximum Gasteiger partial charge on any atom is 0.0834 e. The van der Waals surface area contributed by atoms with Crippen LogP contribution in [0.5, 0.6) is 0 Å². The van der Waals surface area contributed by atoms with E-state index in [-0.39, 0.29) is 16.9 Å². The number of fused-ring (bicyclic) bond motifs is 3. The molecule has 0 amide bonds. The minimum atomic E-state index is -0.336. The lowest BCUT2D eigenvalue weighted by Crippen LogP contribution is -2.43. The predicted molar refractivity (Wildman–Crippen MR) is 74.9 cm³/mol. The average molecular weight is 265 g/mol. The first-order valence-electron chi connectivity index (χ1n) is 6.84. The van der Waals surface area contributed by atoms with E-state index in [0.29, 0.717) is 5.92 Å². The topological polar surface area (TPSA) is 20.2 Å². The Labute approximate surface area is 114 Å². The van der Waals surface area contributed by atoms with Gasteiger partial charge in [0, 0.05) is 10.9 Å². The highest BCUT2D eigenvalue weighted by Gasteiger charge is 2.56. The third-order valence-electron chi connectivity index (χ3n) is 5.31. The lowest BCUT2D eigenvalue weighted by Gasteiger charge is -2.48. The molecule has 1 saturated carbocycles. The van der Waals surface area contributed by atoms with Crippen molar-refractivity contribution in [3.8, 4) is 0 Å². The first-order chi connectivity index (χ1) is 8.36. The van der Waals surface area contributed by atoms with Crippen molar-refractivity contribution in [2.45, 2.75) is 51.6 Å². The molecule has 0 aromatic heterocycles. The van der Waals surface area contributed by atoms with E-state index in [1.165, 1.54) is 18.4 Å². The molecule has 1 fully saturated rings. The van der Waals surface area contributed by atoms with Gasteiger partial charge in [-0.15, -0.1) is 0 Å². The fraction of sp³-hybridized carbons (Fsp3) is 0.625. The van der Waals surface area contributed by atoms with Crippen LogP contribution in [0.25, 0.3) is 0 Å². The molecule has 2 aliphatic rings. The second-order valence-corrected chi connectivity index (χ2v) is 7.35. The van der Waals surface area contributed by atoms with Crippen molar-refractivity contribution in [1.29, 1.82) is 0 Å². The summed E-state index contributed by atoms with van der Waals surface area (Å²) in [6.45, 7) is 6.90. The highest BCUT2D eigenvalue weighted by atomic mass is 35.5. The second-order valence-electron chi connectivity index (χ2n) is 6.91. The summed E-state index contributed by atoms with van der Waals surface area (Å²) in [5.41, 5.74) is 2.65. The zero-order valence-electron chi connectivity index (χ0n) is 11.3. The molecule has 1 N–H and O–H groups in total. The van der Waals surface area contributed by atoms with Gasteiger partial charge in [-0.1, -0.05) is 44.9 Å². The standard InChI is InChI=1S/C16H21ClO/c1-15(2)7-4-8-16(3)12-9-10(17)5-6-11(12)13(18)14(15)16/h5-6,9,13-14,18H,4,7-8H2,1-3H3/t13-,14+,16-/m0/s1. The summed E-state index contributed by atoms with van der Waals surface area (Å²) >= 11 is 6.15. The first-order valence-corrected chi connectivity index (χ1v) is 7.22. The van der Waals surface area contributed by atoms with Gasteiger partial charge >= 0.3 is 0 Å². The Hall–Kier alpha value is -0.530. The van der Waals surface area contributed by atoms with Crippen LogP contribution in [0.3, 0.4) is 0 Å². The molecule has 0 spiro atoms. The van der Waals surface area contributed by atoms with Gasteiger partial charge in [0.1, 0.15) is 0 Å². The van der Waals surface area contributed by atoms with E-state index in [1.807, 2.05) is 12.1 Å². The highest BCUT2D eigenvalue weighted by Crippen LogP contribution is 2.62. The van der Waals surface area contributed by atoms with Crippen LogP contribution in [0.1, 0.15) is 57.3 Å². The van der Waals surface area contributed by atoms with Crippen LogP contribution in [0.2, 0.25) is 5.02 Å². The zero-order chi connectivity index (χ0) is 13.1. The molecule has 0 bridgehead atoms. The lowest BCUT2D eigenvalue weighted by molar-refractivity contribution is -0.0272. The van der Waals surface area contributed by atoms with Crippen LogP contribution < -0.4 is 0 Å². The molecule has 98 valence electrons. The molecule has 2 aliphatic carbocycles. The maximum absolute atomic E-state index is 10.7. The number of benzene rings is 1. The van der Waals surface area contributed by atoms with Crippen molar-refractivity contribution >= 4 is 11.6 Å². The van der Waals surface area contributed by atoms with Gasteiger partial charge in [0.2, 0.25) is 0 Å². The van der Waals surface area contributed by atoms with Gasteiger partial charge in [0.25, 0.3) is 0 Å². The molecule has 1 aromatic carbocycles. The summed E-state index contributed by atoms with van der Waals surface area (Å²) in [6, 6.07) is 5.99. The molecule has 0 aliphatic heterocycles. The second kappa shape index (κ2) is 3.74. The third kappa shape index (κ3) is 1.50. The van der Waals surface area contributed by atoms with Crippen molar-refractivity contribution in [2.24, 2.45) is 11.3 Å². The van der Waals surface area contributed by atoms with E-state index in [0.717, 1.165) is 17.0 Å².